The second kappa shape index (κ2) is 13.2. The van der Waals surface area contributed by atoms with Gasteiger partial charge in [-0.25, -0.2) is 0 Å². The van der Waals surface area contributed by atoms with Crippen LogP contribution in [0.5, 0.6) is 5.75 Å². The monoisotopic (exact) mass is 412 g/mol. The lowest BCUT2D eigenvalue weighted by molar-refractivity contribution is -0.120. The Morgan fingerprint density at radius 2 is 1.80 bits per heavy atom. The highest BCUT2D eigenvalue weighted by Crippen LogP contribution is 2.20. The van der Waals surface area contributed by atoms with E-state index in [4.69, 9.17) is 9.47 Å². The maximum Gasteiger partial charge on any atom is 0.239 e. The van der Waals surface area contributed by atoms with Crippen LogP contribution in [0.25, 0.3) is 0 Å². The molecule has 0 saturated heterocycles. The van der Waals surface area contributed by atoms with Crippen molar-refractivity contribution in [1.29, 1.82) is 0 Å². The van der Waals surface area contributed by atoms with Gasteiger partial charge in [0.05, 0.1) is 13.2 Å². The van der Waals surface area contributed by atoms with E-state index in [1.54, 1.807) is 7.05 Å². The fourth-order valence-corrected chi connectivity index (χ4v) is 2.72. The molecule has 3 N–H and O–H groups in total. The van der Waals surface area contributed by atoms with Gasteiger partial charge in [-0.3, -0.25) is 9.79 Å². The first-order valence-corrected chi connectivity index (χ1v) is 10.2. The van der Waals surface area contributed by atoms with Crippen LogP contribution in [0.2, 0.25) is 0 Å². The summed E-state index contributed by atoms with van der Waals surface area (Å²) in [5.41, 5.74) is 3.20. The van der Waals surface area contributed by atoms with Gasteiger partial charge in [0.15, 0.2) is 5.96 Å². The smallest absolute Gasteiger partial charge is 0.239 e. The number of aliphatic imine (C=N–C) groups is 1. The van der Waals surface area contributed by atoms with Crippen LogP contribution in [0, 0.1) is 6.92 Å². The number of carbonyl (C=O) groups is 1. The molecule has 2 aromatic rings. The lowest BCUT2D eigenvalue weighted by Gasteiger charge is -2.15. The largest absolute Gasteiger partial charge is 0.491 e. The molecule has 0 atom stereocenters. The first-order valence-electron chi connectivity index (χ1n) is 10.2. The van der Waals surface area contributed by atoms with Crippen molar-refractivity contribution >= 4 is 11.9 Å². The van der Waals surface area contributed by atoms with Gasteiger partial charge < -0.3 is 25.4 Å². The van der Waals surface area contributed by atoms with Gasteiger partial charge in [0.2, 0.25) is 5.91 Å². The molecule has 1 amide bonds. The number of amides is 1. The summed E-state index contributed by atoms with van der Waals surface area (Å²) in [5, 5.41) is 9.14. The van der Waals surface area contributed by atoms with Crippen molar-refractivity contribution in [3.63, 3.8) is 0 Å². The van der Waals surface area contributed by atoms with E-state index in [1.807, 2.05) is 62.4 Å². The van der Waals surface area contributed by atoms with Gasteiger partial charge in [0.25, 0.3) is 0 Å². The van der Waals surface area contributed by atoms with E-state index >= 15 is 0 Å². The number of rotatable bonds is 11. The first kappa shape index (κ1) is 23.2. The van der Waals surface area contributed by atoms with Crippen molar-refractivity contribution in [2.75, 3.05) is 33.4 Å². The molecule has 0 radical (unpaired) electrons. The Bertz CT molecular complexity index is 809. The number of ether oxygens (including phenoxy) is 2. The van der Waals surface area contributed by atoms with Crippen molar-refractivity contribution in [3.05, 3.63) is 65.2 Å². The lowest BCUT2D eigenvalue weighted by Crippen LogP contribution is -2.42. The molecule has 0 aliphatic heterocycles. The van der Waals surface area contributed by atoms with E-state index in [0.29, 0.717) is 38.9 Å². The highest BCUT2D eigenvalue weighted by molar-refractivity contribution is 5.86. The number of benzene rings is 2. The molecule has 0 aromatic heterocycles. The topological polar surface area (TPSA) is 84.0 Å². The normalized spacial score (nSPS) is 11.1. The zero-order valence-electron chi connectivity index (χ0n) is 18.0. The number of hydrogen-bond acceptors (Lipinski definition) is 4. The molecule has 0 fully saturated rings. The molecule has 2 aromatic carbocycles. The Balaban J connectivity index is 1.79. The van der Waals surface area contributed by atoms with Crippen LogP contribution in [0.15, 0.2) is 53.5 Å². The van der Waals surface area contributed by atoms with Crippen LogP contribution in [-0.2, 0) is 22.6 Å². The van der Waals surface area contributed by atoms with Crippen LogP contribution >= 0.6 is 0 Å². The molecule has 0 unspecified atom stereocenters. The maximum atomic E-state index is 12.1. The third-order valence-corrected chi connectivity index (χ3v) is 4.33. The highest BCUT2D eigenvalue weighted by atomic mass is 16.5. The van der Waals surface area contributed by atoms with E-state index in [9.17, 15) is 4.79 Å². The Morgan fingerprint density at radius 1 is 1.00 bits per heavy atom. The zero-order valence-corrected chi connectivity index (χ0v) is 18.0. The lowest BCUT2D eigenvalue weighted by atomic mass is 10.1. The van der Waals surface area contributed by atoms with Gasteiger partial charge in [-0.05, 0) is 31.0 Å². The van der Waals surface area contributed by atoms with Crippen LogP contribution < -0.4 is 20.7 Å². The Labute approximate surface area is 178 Å². The van der Waals surface area contributed by atoms with Crippen molar-refractivity contribution in [1.82, 2.24) is 16.0 Å². The molecule has 0 aliphatic rings. The molecule has 0 heterocycles. The minimum absolute atomic E-state index is 0.0999. The van der Waals surface area contributed by atoms with E-state index in [1.165, 1.54) is 0 Å². The van der Waals surface area contributed by atoms with Crippen LogP contribution in [0.3, 0.4) is 0 Å². The standard InChI is InChI=1S/C23H32N4O3/c1-4-29-12-13-30-21-14-18(2)10-11-20(21)16-26-23(24-3)27-17-22(28)25-15-19-8-6-5-7-9-19/h5-11,14H,4,12-13,15-17H2,1-3H3,(H,25,28)(H2,24,26,27). The Kier molecular flexibility index (Phi) is 10.2. The van der Waals surface area contributed by atoms with E-state index in [0.717, 1.165) is 22.4 Å². The third-order valence-electron chi connectivity index (χ3n) is 4.33. The minimum Gasteiger partial charge on any atom is -0.491 e. The summed E-state index contributed by atoms with van der Waals surface area (Å²) < 4.78 is 11.2. The second-order valence-corrected chi connectivity index (χ2v) is 6.70. The molecule has 0 bridgehead atoms. The highest BCUT2D eigenvalue weighted by Gasteiger charge is 2.07. The number of nitrogens with one attached hydrogen (secondary N) is 3. The molecule has 7 heteroatoms. The van der Waals surface area contributed by atoms with Gasteiger partial charge in [-0.1, -0.05) is 42.5 Å². The van der Waals surface area contributed by atoms with Crippen LogP contribution in [-0.4, -0.2) is 45.3 Å². The van der Waals surface area contributed by atoms with Crippen LogP contribution in [0.4, 0.5) is 0 Å². The van der Waals surface area contributed by atoms with Crippen molar-refractivity contribution in [2.24, 2.45) is 4.99 Å². The predicted molar refractivity (Wildman–Crippen MR) is 120 cm³/mol. The molecule has 0 spiro atoms. The summed E-state index contributed by atoms with van der Waals surface area (Å²) >= 11 is 0. The molecule has 162 valence electrons. The van der Waals surface area contributed by atoms with Gasteiger partial charge in [-0.15, -0.1) is 0 Å². The predicted octanol–water partition coefficient (Wildman–Crippen LogP) is 2.39. The minimum atomic E-state index is -0.0999. The van der Waals surface area contributed by atoms with E-state index < -0.39 is 0 Å². The fraction of sp³-hybridized carbons (Fsp3) is 0.391. The quantitative estimate of drug-likeness (QED) is 0.300. The average Bonchev–Trinajstić information content (AvgIpc) is 2.77. The summed E-state index contributed by atoms with van der Waals surface area (Å²) in [6, 6.07) is 15.9. The summed E-state index contributed by atoms with van der Waals surface area (Å²) in [5.74, 6) is 1.26. The first-order chi connectivity index (χ1) is 14.6. The fourth-order valence-electron chi connectivity index (χ4n) is 2.72. The van der Waals surface area contributed by atoms with Crippen molar-refractivity contribution in [2.45, 2.75) is 26.9 Å². The Hall–Kier alpha value is -3.06. The molecule has 0 aliphatic carbocycles. The molecular weight excluding hydrogens is 380 g/mol. The SMILES string of the molecule is CCOCCOc1cc(C)ccc1CNC(=NC)NCC(=O)NCc1ccccc1. The number of nitrogens with zero attached hydrogens (tertiary/aromatic N) is 1. The van der Waals surface area contributed by atoms with E-state index in [-0.39, 0.29) is 12.5 Å². The summed E-state index contributed by atoms with van der Waals surface area (Å²) in [6.45, 7) is 6.88. The average molecular weight is 413 g/mol. The van der Waals surface area contributed by atoms with Crippen molar-refractivity contribution in [3.8, 4) is 5.75 Å². The zero-order chi connectivity index (χ0) is 21.6. The maximum absolute atomic E-state index is 12.1. The summed E-state index contributed by atoms with van der Waals surface area (Å²) in [4.78, 5) is 16.3. The van der Waals surface area contributed by atoms with Gasteiger partial charge in [-0.2, -0.15) is 0 Å². The molecular formula is C23H32N4O3. The van der Waals surface area contributed by atoms with E-state index in [2.05, 4.69) is 20.9 Å². The van der Waals surface area contributed by atoms with Gasteiger partial charge >= 0.3 is 0 Å². The van der Waals surface area contributed by atoms with Gasteiger partial charge in [0, 0.05) is 32.3 Å². The number of aryl methyl sites for hydroxylation is 1. The number of guanidine groups is 1. The summed E-state index contributed by atoms with van der Waals surface area (Å²) in [7, 11) is 1.67. The Morgan fingerprint density at radius 3 is 2.53 bits per heavy atom. The third kappa shape index (κ3) is 8.53. The molecule has 2 rings (SSSR count). The molecule has 30 heavy (non-hydrogen) atoms. The molecule has 0 saturated carbocycles. The van der Waals surface area contributed by atoms with Crippen LogP contribution in [0.1, 0.15) is 23.6 Å². The number of carbonyl (C=O) groups excluding carboxylic acids is 1. The van der Waals surface area contributed by atoms with Gasteiger partial charge in [0.1, 0.15) is 12.4 Å². The summed E-state index contributed by atoms with van der Waals surface area (Å²) in [6.07, 6.45) is 0. The molecule has 7 nitrogen and oxygen atoms in total. The second-order valence-electron chi connectivity index (χ2n) is 6.70. The number of hydrogen-bond donors (Lipinski definition) is 3. The van der Waals surface area contributed by atoms with Crippen molar-refractivity contribution < 1.29 is 14.3 Å².